The summed E-state index contributed by atoms with van der Waals surface area (Å²) in [5.74, 6) is 0. The lowest BCUT2D eigenvalue weighted by atomic mass is 9.78. The van der Waals surface area contributed by atoms with Crippen molar-refractivity contribution in [1.82, 2.24) is 19.9 Å². The molecule has 0 atom stereocenters. The van der Waals surface area contributed by atoms with E-state index in [4.69, 9.17) is 15.7 Å². The molecule has 1 saturated heterocycles. The van der Waals surface area contributed by atoms with Crippen molar-refractivity contribution in [3.63, 3.8) is 0 Å². The monoisotopic (exact) mass is 1060 g/mol. The highest BCUT2D eigenvalue weighted by Crippen LogP contribution is 2.46. The highest BCUT2D eigenvalue weighted by atomic mass is 15.1. The number of nitrogens with one attached hydrogen (secondary N) is 2. The van der Waals surface area contributed by atoms with Gasteiger partial charge < -0.3 is 20.6 Å². The number of aryl methyl sites for hydroxylation is 4. The van der Waals surface area contributed by atoms with Crippen molar-refractivity contribution in [2.45, 2.75) is 255 Å². The fraction of sp³-hybridized carbons (Fsp3) is 0.562. The predicted octanol–water partition coefficient (Wildman–Crippen LogP) is 20.8. The molecule has 0 saturated carbocycles. The van der Waals surface area contributed by atoms with Crippen molar-refractivity contribution in [3.8, 4) is 22.3 Å². The van der Waals surface area contributed by atoms with E-state index in [9.17, 15) is 0 Å². The standard InChI is InChI=1S/C73H104N6/c1-15-19-23-27-31-58-48(5)68-66(52-35-37-57(38-36-52)79-41-39-56(74)40-42-79)69-49(6)59(32-28-24-20-16-2)63(76-69)47-65-61(34-30-26-22-18-4)51(8)71(78-65)67(53-43-54(72(9,10)11)45-55(44-53)73(12,13)14)70-50(7)60(33-29-25-21-17-3)64(77-70)46-62(58)75-68/h35-38,43-47,56,75,78H,15-34,39-42,74H2,1-14H3. The Labute approximate surface area is 479 Å². The van der Waals surface area contributed by atoms with Crippen molar-refractivity contribution in [3.05, 3.63) is 111 Å². The molecule has 6 nitrogen and oxygen atoms in total. The Morgan fingerprint density at radius 1 is 0.494 bits per heavy atom. The molecular weight excluding hydrogens is 961 g/mol. The summed E-state index contributed by atoms with van der Waals surface area (Å²) in [5.41, 5.74) is 35.3. The minimum atomic E-state index is -0.0515. The summed E-state index contributed by atoms with van der Waals surface area (Å²) in [4.78, 5) is 23.1. The van der Waals surface area contributed by atoms with Crippen molar-refractivity contribution >= 4 is 50.0 Å². The number of H-pyrrole nitrogens is 2. The number of fused-ring (bicyclic) bond motifs is 8. The maximum Gasteiger partial charge on any atom is 0.0769 e. The Kier molecular flexibility index (Phi) is 20.2. The van der Waals surface area contributed by atoms with Crippen molar-refractivity contribution in [2.75, 3.05) is 18.0 Å². The fourth-order valence-corrected chi connectivity index (χ4v) is 12.9. The fourth-order valence-electron chi connectivity index (χ4n) is 12.9. The molecule has 0 aliphatic carbocycles. The number of hydrogen-bond donors (Lipinski definition) is 3. The van der Waals surface area contributed by atoms with Gasteiger partial charge in [0.25, 0.3) is 0 Å². The molecule has 5 aromatic rings. The van der Waals surface area contributed by atoms with Crippen LogP contribution in [0, 0.1) is 13.8 Å². The molecule has 8 bridgehead atoms. The Bertz CT molecular complexity index is 3100. The third-order valence-corrected chi connectivity index (χ3v) is 18.2. The molecule has 3 aromatic heterocycles. The zero-order valence-corrected chi connectivity index (χ0v) is 52.2. The van der Waals surface area contributed by atoms with Gasteiger partial charge in [0.15, 0.2) is 0 Å². The minimum Gasteiger partial charge on any atom is -0.371 e. The third-order valence-electron chi connectivity index (χ3n) is 18.2. The molecule has 1 fully saturated rings. The maximum absolute atomic E-state index is 6.42. The number of anilines is 1. The Morgan fingerprint density at radius 3 is 1.28 bits per heavy atom. The highest BCUT2D eigenvalue weighted by molar-refractivity contribution is 6.03. The average Bonchev–Trinajstić information content (AvgIpc) is 4.13. The first kappa shape index (κ1) is 59.9. The molecule has 2 aromatic carbocycles. The second-order valence-corrected chi connectivity index (χ2v) is 26.4. The van der Waals surface area contributed by atoms with Gasteiger partial charge in [-0.3, -0.25) is 0 Å². The summed E-state index contributed by atoms with van der Waals surface area (Å²) in [6, 6.07) is 22.2. The lowest BCUT2D eigenvalue weighted by Crippen LogP contribution is -2.39. The zero-order chi connectivity index (χ0) is 56.6. The second kappa shape index (κ2) is 26.6. The van der Waals surface area contributed by atoms with Crippen LogP contribution in [-0.2, 0) is 23.7 Å². The molecule has 3 aliphatic rings. The number of aromatic nitrogens is 4. The van der Waals surface area contributed by atoms with Gasteiger partial charge in [0.2, 0.25) is 0 Å². The molecule has 6 heteroatoms. The Balaban J connectivity index is 1.57. The number of nitrogens with two attached hydrogens (primary N) is 1. The van der Waals surface area contributed by atoms with Crippen molar-refractivity contribution < 1.29 is 0 Å². The first-order valence-electron chi connectivity index (χ1n) is 31.9. The van der Waals surface area contributed by atoms with Crippen LogP contribution < -0.4 is 10.6 Å². The van der Waals surface area contributed by atoms with E-state index >= 15 is 0 Å². The van der Waals surface area contributed by atoms with Crippen LogP contribution in [0.25, 0.3) is 66.6 Å². The van der Waals surface area contributed by atoms with Gasteiger partial charge >= 0.3 is 0 Å². The zero-order valence-electron chi connectivity index (χ0n) is 52.2. The van der Waals surface area contributed by atoms with Gasteiger partial charge in [-0.05, 0) is 194 Å². The number of aromatic amines is 2. The normalized spacial score (nSPS) is 14.6. The van der Waals surface area contributed by atoms with Crippen LogP contribution in [-0.4, -0.2) is 39.1 Å². The predicted molar refractivity (Wildman–Crippen MR) is 346 cm³/mol. The van der Waals surface area contributed by atoms with Crippen LogP contribution in [0.4, 0.5) is 5.69 Å². The molecule has 4 N–H and O–H groups in total. The number of nitrogens with zero attached hydrogens (tertiary/aromatic N) is 3. The molecule has 0 spiro atoms. The first-order chi connectivity index (χ1) is 37.9. The van der Waals surface area contributed by atoms with Gasteiger partial charge in [-0.2, -0.15) is 0 Å². The van der Waals surface area contributed by atoms with E-state index in [-0.39, 0.29) is 10.8 Å². The van der Waals surface area contributed by atoms with E-state index in [1.165, 1.54) is 183 Å². The quantitative estimate of drug-likeness (QED) is 0.0569. The molecule has 6 heterocycles. The van der Waals surface area contributed by atoms with Gasteiger partial charge in [-0.25, -0.2) is 9.97 Å². The van der Waals surface area contributed by atoms with Gasteiger partial charge in [-0.15, -0.1) is 0 Å². The van der Waals surface area contributed by atoms with Gasteiger partial charge in [0.1, 0.15) is 0 Å². The largest absolute Gasteiger partial charge is 0.371 e. The van der Waals surface area contributed by atoms with E-state index in [0.29, 0.717) is 6.04 Å². The molecule has 79 heavy (non-hydrogen) atoms. The van der Waals surface area contributed by atoms with Crippen LogP contribution in [0.3, 0.4) is 0 Å². The van der Waals surface area contributed by atoms with Gasteiger partial charge in [-0.1, -0.05) is 177 Å². The summed E-state index contributed by atoms with van der Waals surface area (Å²) in [6.07, 6.45) is 25.4. The lowest BCUT2D eigenvalue weighted by molar-refractivity contribution is 0.501. The molecule has 0 radical (unpaired) electrons. The van der Waals surface area contributed by atoms with E-state index in [1.807, 2.05) is 0 Å². The van der Waals surface area contributed by atoms with E-state index < -0.39 is 0 Å². The molecule has 0 amide bonds. The number of piperidine rings is 1. The summed E-state index contributed by atoms with van der Waals surface area (Å²) >= 11 is 0. The number of hydrogen-bond acceptors (Lipinski definition) is 4. The van der Waals surface area contributed by atoms with Crippen molar-refractivity contribution in [2.24, 2.45) is 5.73 Å². The van der Waals surface area contributed by atoms with Crippen LogP contribution in [0.15, 0.2) is 54.6 Å². The van der Waals surface area contributed by atoms with Crippen molar-refractivity contribution in [1.29, 1.82) is 0 Å². The summed E-state index contributed by atoms with van der Waals surface area (Å²) in [7, 11) is 0. The molecule has 0 unspecified atom stereocenters. The van der Waals surface area contributed by atoms with E-state index in [2.05, 4.69) is 166 Å². The second-order valence-electron chi connectivity index (χ2n) is 26.4. The maximum atomic E-state index is 6.42. The highest BCUT2D eigenvalue weighted by Gasteiger charge is 2.29. The smallest absolute Gasteiger partial charge is 0.0769 e. The van der Waals surface area contributed by atoms with Crippen LogP contribution in [0.5, 0.6) is 0 Å². The summed E-state index contributed by atoms with van der Waals surface area (Å²) < 4.78 is 0. The first-order valence-corrected chi connectivity index (χ1v) is 31.9. The topological polar surface area (TPSA) is 86.6 Å². The molecule has 3 aliphatic heterocycles. The number of rotatable bonds is 23. The van der Waals surface area contributed by atoms with E-state index in [0.717, 1.165) is 100 Å². The Morgan fingerprint density at radius 2 is 0.886 bits per heavy atom. The number of unbranched alkanes of at least 4 members (excludes halogenated alkanes) is 12. The summed E-state index contributed by atoms with van der Waals surface area (Å²) in [5, 5.41) is 0. The van der Waals surface area contributed by atoms with Crippen LogP contribution in [0.2, 0.25) is 0 Å². The third kappa shape index (κ3) is 13.8. The minimum absolute atomic E-state index is 0.0515. The molecule has 8 rings (SSSR count). The SMILES string of the molecule is CCCCCCC1=C(C)c2nc1cc1[nH]c(c(C)c1CCCCCC)c(-c1ccc(N3CCC(N)CC3)cc1)c1nc(cc3[nH]c(c(C)c3CCCCCC)c2-c2cc(C(C)(C)C)cc(C(C)(C)C)c2)C(CCCCCC)=C1C. The molecular formula is C73H104N6. The van der Waals surface area contributed by atoms with Gasteiger partial charge in [0, 0.05) is 47.0 Å². The summed E-state index contributed by atoms with van der Waals surface area (Å²) in [6.45, 7) is 35.1. The van der Waals surface area contributed by atoms with Crippen LogP contribution in [0.1, 0.15) is 268 Å². The van der Waals surface area contributed by atoms with Crippen LogP contribution >= 0.6 is 0 Å². The number of allylic oxidation sites excluding steroid dienone is 4. The average molecular weight is 1070 g/mol. The lowest BCUT2D eigenvalue weighted by Gasteiger charge is -2.32. The van der Waals surface area contributed by atoms with E-state index in [1.54, 1.807) is 0 Å². The Hall–Kier alpha value is -5.20. The number of benzene rings is 2. The molecule has 426 valence electrons. The van der Waals surface area contributed by atoms with Gasteiger partial charge in [0.05, 0.1) is 33.8 Å².